The molecule has 0 saturated carbocycles. The Hall–Kier alpha value is -4.32. The summed E-state index contributed by atoms with van der Waals surface area (Å²) in [6, 6.07) is 26.2. The number of likely N-dealkylation sites (N-methyl/N-ethyl adjacent to an activating group) is 1. The molecule has 0 bridgehead atoms. The molecule has 1 unspecified atom stereocenters. The van der Waals surface area contributed by atoms with Gasteiger partial charge in [-0.15, -0.1) is 0 Å². The van der Waals surface area contributed by atoms with Gasteiger partial charge in [0.15, 0.2) is 0 Å². The van der Waals surface area contributed by atoms with E-state index in [9.17, 15) is 9.59 Å². The first-order valence-corrected chi connectivity index (χ1v) is 15.2. The number of carbonyl (C=O) groups excluding carboxylic acids is 2. The van der Waals surface area contributed by atoms with Crippen molar-refractivity contribution >= 4 is 17.7 Å². The molecule has 3 aromatic carbocycles. The van der Waals surface area contributed by atoms with Crippen LogP contribution in [0, 0.1) is 17.8 Å². The summed E-state index contributed by atoms with van der Waals surface area (Å²) in [5.74, 6) is 7.34. The maximum atomic E-state index is 13.6. The van der Waals surface area contributed by atoms with Crippen LogP contribution in [-0.2, 0) is 9.53 Å². The lowest BCUT2D eigenvalue weighted by Gasteiger charge is -2.59. The normalized spacial score (nSPS) is 21.5. The van der Waals surface area contributed by atoms with Gasteiger partial charge in [-0.25, -0.2) is 4.79 Å². The Morgan fingerprint density at radius 2 is 1.61 bits per heavy atom. The highest BCUT2D eigenvalue weighted by Gasteiger charge is 2.51. The van der Waals surface area contributed by atoms with E-state index in [-0.39, 0.29) is 35.9 Å². The molecule has 3 aromatic rings. The molecule has 0 radical (unpaired) electrons. The molecule has 1 N–H and O–H groups in total. The SMILES string of the molecule is COc1ccc(NC(=O)N2CCC(COC(C)=O)CN3[C@H](CN(C)C)[C@H](c4ccc(C#Cc5ccccc5)cc4)[C@@H]3C2)cc1. The summed E-state index contributed by atoms with van der Waals surface area (Å²) in [6.45, 7) is 4.68. The average Bonchev–Trinajstić information content (AvgIpc) is 3.01. The van der Waals surface area contributed by atoms with Gasteiger partial charge in [-0.3, -0.25) is 9.69 Å². The Morgan fingerprint density at radius 3 is 2.25 bits per heavy atom. The van der Waals surface area contributed by atoms with Crippen LogP contribution in [0.3, 0.4) is 0 Å². The van der Waals surface area contributed by atoms with Gasteiger partial charge in [0, 0.05) is 73.8 Å². The molecule has 230 valence electrons. The molecular weight excluding hydrogens is 552 g/mol. The quantitative estimate of drug-likeness (QED) is 0.310. The predicted octanol–water partition coefficient (Wildman–Crippen LogP) is 4.91. The number of amides is 2. The average molecular weight is 595 g/mol. The zero-order valence-electron chi connectivity index (χ0n) is 26.0. The second kappa shape index (κ2) is 14.4. The van der Waals surface area contributed by atoms with Crippen molar-refractivity contribution in [1.82, 2.24) is 14.7 Å². The Balaban J connectivity index is 1.39. The molecule has 2 aliphatic rings. The van der Waals surface area contributed by atoms with E-state index in [0.29, 0.717) is 25.4 Å². The number of hydrogen-bond acceptors (Lipinski definition) is 6. The Labute approximate surface area is 260 Å². The molecule has 8 nitrogen and oxygen atoms in total. The van der Waals surface area contributed by atoms with Crippen LogP contribution in [0.2, 0.25) is 0 Å². The van der Waals surface area contributed by atoms with Crippen molar-refractivity contribution in [3.63, 3.8) is 0 Å². The zero-order valence-corrected chi connectivity index (χ0v) is 26.0. The summed E-state index contributed by atoms with van der Waals surface area (Å²) < 4.78 is 10.7. The molecule has 0 aliphatic carbocycles. The molecule has 2 amide bonds. The summed E-state index contributed by atoms with van der Waals surface area (Å²) in [4.78, 5) is 32.0. The van der Waals surface area contributed by atoms with Gasteiger partial charge in [-0.2, -0.15) is 0 Å². The number of nitrogens with zero attached hydrogens (tertiary/aromatic N) is 3. The number of hydrogen-bond donors (Lipinski definition) is 1. The Morgan fingerprint density at radius 1 is 0.932 bits per heavy atom. The van der Waals surface area contributed by atoms with Gasteiger partial charge in [-0.1, -0.05) is 42.2 Å². The van der Waals surface area contributed by atoms with Crippen LogP contribution in [0.15, 0.2) is 78.9 Å². The fourth-order valence-corrected chi connectivity index (χ4v) is 6.27. The highest BCUT2D eigenvalue weighted by Crippen LogP contribution is 2.43. The number of carbonyl (C=O) groups is 2. The zero-order chi connectivity index (χ0) is 31.1. The van der Waals surface area contributed by atoms with Gasteiger partial charge in [0.05, 0.1) is 13.7 Å². The van der Waals surface area contributed by atoms with Crippen LogP contribution in [0.25, 0.3) is 0 Å². The first-order chi connectivity index (χ1) is 21.3. The van der Waals surface area contributed by atoms with E-state index in [1.54, 1.807) is 7.11 Å². The summed E-state index contributed by atoms with van der Waals surface area (Å²) in [6.07, 6.45) is 0.751. The molecule has 4 atom stereocenters. The van der Waals surface area contributed by atoms with Gasteiger partial charge in [-0.05, 0) is 74.6 Å². The van der Waals surface area contributed by atoms with Crippen LogP contribution in [0.5, 0.6) is 5.75 Å². The van der Waals surface area contributed by atoms with Crippen molar-refractivity contribution in [2.45, 2.75) is 31.3 Å². The lowest BCUT2D eigenvalue weighted by atomic mass is 9.73. The smallest absolute Gasteiger partial charge is 0.321 e. The van der Waals surface area contributed by atoms with Crippen LogP contribution in [0.1, 0.15) is 36.0 Å². The van der Waals surface area contributed by atoms with Crippen molar-refractivity contribution in [2.24, 2.45) is 5.92 Å². The number of benzene rings is 3. The van der Waals surface area contributed by atoms with Crippen molar-refractivity contribution in [2.75, 3.05) is 59.3 Å². The minimum atomic E-state index is -0.278. The fraction of sp³-hybridized carbons (Fsp3) is 0.389. The third-order valence-corrected chi connectivity index (χ3v) is 8.49. The number of rotatable bonds is 7. The summed E-state index contributed by atoms with van der Waals surface area (Å²) in [5.41, 5.74) is 3.92. The number of ether oxygens (including phenoxy) is 2. The lowest BCUT2D eigenvalue weighted by Crippen LogP contribution is -2.70. The molecule has 44 heavy (non-hydrogen) atoms. The van der Waals surface area contributed by atoms with E-state index < -0.39 is 0 Å². The van der Waals surface area contributed by atoms with E-state index in [1.165, 1.54) is 12.5 Å². The van der Waals surface area contributed by atoms with Crippen LogP contribution in [-0.4, -0.2) is 92.8 Å². The van der Waals surface area contributed by atoms with Gasteiger partial charge in [0.2, 0.25) is 0 Å². The molecule has 8 heteroatoms. The second-order valence-electron chi connectivity index (χ2n) is 11.9. The largest absolute Gasteiger partial charge is 0.497 e. The number of esters is 1. The van der Waals surface area contributed by atoms with Crippen LogP contribution in [0.4, 0.5) is 10.5 Å². The fourth-order valence-electron chi connectivity index (χ4n) is 6.27. The molecule has 0 aromatic heterocycles. The van der Waals surface area contributed by atoms with Crippen LogP contribution >= 0.6 is 0 Å². The number of fused-ring (bicyclic) bond motifs is 1. The number of anilines is 1. The first-order valence-electron chi connectivity index (χ1n) is 15.2. The predicted molar refractivity (Wildman–Crippen MR) is 173 cm³/mol. The monoisotopic (exact) mass is 594 g/mol. The first kappa shape index (κ1) is 31.1. The second-order valence-corrected chi connectivity index (χ2v) is 11.9. The third-order valence-electron chi connectivity index (χ3n) is 8.49. The standard InChI is InChI=1S/C36H42N4O4/c1-26(41)44-25-29-20-21-39(36(42)37-31-16-18-32(43-4)19-17-31)24-34-35(33(23-38(2)3)40(34)22-29)30-14-12-28(13-15-30)11-10-27-8-6-5-7-9-27/h5-9,12-19,29,33-35H,20-25H2,1-4H3,(H,37,42)/t29?,33-,34+,35+/m1/s1. The van der Waals surface area contributed by atoms with Gasteiger partial charge >= 0.3 is 12.0 Å². The maximum absolute atomic E-state index is 13.6. The minimum Gasteiger partial charge on any atom is -0.497 e. The number of nitrogens with one attached hydrogen (secondary N) is 1. The molecule has 5 rings (SSSR count). The van der Waals surface area contributed by atoms with Crippen molar-refractivity contribution in [3.05, 3.63) is 95.6 Å². The van der Waals surface area contributed by atoms with Crippen LogP contribution < -0.4 is 10.1 Å². The lowest BCUT2D eigenvalue weighted by molar-refractivity contribution is -0.143. The van der Waals surface area contributed by atoms with Gasteiger partial charge in [0.1, 0.15) is 5.75 Å². The Bertz CT molecular complexity index is 1460. The molecule has 2 saturated heterocycles. The molecule has 2 fully saturated rings. The van der Waals surface area contributed by atoms with E-state index in [2.05, 4.69) is 65.3 Å². The summed E-state index contributed by atoms with van der Waals surface area (Å²) in [5, 5.41) is 3.07. The third kappa shape index (κ3) is 7.79. The van der Waals surface area contributed by atoms with E-state index in [1.807, 2.05) is 59.5 Å². The minimum absolute atomic E-state index is 0.124. The topological polar surface area (TPSA) is 74.3 Å². The maximum Gasteiger partial charge on any atom is 0.321 e. The molecule has 2 heterocycles. The molecule has 2 aliphatic heterocycles. The van der Waals surface area contributed by atoms with E-state index >= 15 is 0 Å². The summed E-state index contributed by atoms with van der Waals surface area (Å²) >= 11 is 0. The van der Waals surface area contributed by atoms with E-state index in [0.717, 1.165) is 36.4 Å². The Kier molecular flexibility index (Phi) is 10.2. The summed E-state index contributed by atoms with van der Waals surface area (Å²) in [7, 11) is 5.82. The van der Waals surface area contributed by atoms with E-state index in [4.69, 9.17) is 9.47 Å². The van der Waals surface area contributed by atoms with Crippen molar-refractivity contribution in [1.29, 1.82) is 0 Å². The highest BCUT2D eigenvalue weighted by atomic mass is 16.5. The van der Waals surface area contributed by atoms with Gasteiger partial charge < -0.3 is 24.6 Å². The molecular formula is C36H42N4O4. The number of urea groups is 1. The highest BCUT2D eigenvalue weighted by molar-refractivity contribution is 5.89. The number of methoxy groups -OCH3 is 1. The van der Waals surface area contributed by atoms with Crippen molar-refractivity contribution < 1.29 is 19.1 Å². The van der Waals surface area contributed by atoms with Gasteiger partial charge in [0.25, 0.3) is 0 Å². The molecule has 0 spiro atoms. The van der Waals surface area contributed by atoms with Crippen molar-refractivity contribution in [3.8, 4) is 17.6 Å².